The number of hydrogen-bond donors (Lipinski definition) is 11. The number of primary amides is 1. The molecule has 60 heavy (non-hydrogen) atoms. The van der Waals surface area contributed by atoms with Crippen molar-refractivity contribution >= 4 is 41.4 Å². The minimum Gasteiger partial charge on any atom is -0.394 e. The largest absolute Gasteiger partial charge is 0.394 e. The molecule has 0 spiro atoms. The zero-order chi connectivity index (χ0) is 45.3. The highest BCUT2D eigenvalue weighted by molar-refractivity contribution is 5.96. The second-order valence-corrected chi connectivity index (χ2v) is 15.6. The van der Waals surface area contributed by atoms with Crippen LogP contribution in [0.1, 0.15) is 156 Å². The zero-order valence-corrected chi connectivity index (χ0v) is 36.8. The van der Waals surface area contributed by atoms with E-state index in [9.17, 15) is 43.8 Å². The highest BCUT2D eigenvalue weighted by atomic mass is 16.3. The van der Waals surface area contributed by atoms with Gasteiger partial charge in [0.05, 0.1) is 18.5 Å². The first-order valence-electron chi connectivity index (χ1n) is 22.1. The van der Waals surface area contributed by atoms with Crippen LogP contribution >= 0.6 is 0 Å². The number of likely N-dealkylation sites (N-methyl/N-ethyl adjacent to an activating group) is 1. The average Bonchev–Trinajstić information content (AvgIpc) is 3.20. The van der Waals surface area contributed by atoms with E-state index in [1.165, 1.54) is 71.8 Å². The van der Waals surface area contributed by atoms with E-state index in [1.54, 1.807) is 0 Å². The standard InChI is InChI=1S/C42H79N9O9/c1-6-8-10-11-12-13-14-15-16-17-18-19-20-24-36(55)47-31(23-21-27-46-30(4)43)39(57)48-33(25-26-35(44)54)41(59)51-37(29(3)53)42(60)49-32(22-9-7-2)40(58)50-34(28-52)38(56)45-5/h29,31-34,37,46,52-53H,4,6-28,43H2,1-3,5H3,(H2,44,54)(H,45,56)(H,47,55)(H,48,57)(H,49,60)(H,50,58)(H,51,59)/t29-,31+,32+,33+,34+,37+/m1/s1. The Kier molecular flexibility index (Phi) is 31.7. The first-order valence-corrected chi connectivity index (χ1v) is 22.1. The number of aliphatic hydroxyl groups is 2. The summed E-state index contributed by atoms with van der Waals surface area (Å²) in [5.74, 6) is -4.87. The number of carbonyl (C=O) groups is 7. The lowest BCUT2D eigenvalue weighted by molar-refractivity contribution is -0.137. The Balaban J connectivity index is 5.68. The van der Waals surface area contributed by atoms with Crippen LogP contribution in [0.2, 0.25) is 0 Å². The Morgan fingerprint density at radius 1 is 0.550 bits per heavy atom. The summed E-state index contributed by atoms with van der Waals surface area (Å²) < 4.78 is 0. The third kappa shape index (κ3) is 26.6. The van der Waals surface area contributed by atoms with Crippen LogP contribution in [0.3, 0.4) is 0 Å². The van der Waals surface area contributed by atoms with Gasteiger partial charge in [0.2, 0.25) is 41.4 Å². The van der Waals surface area contributed by atoms with E-state index >= 15 is 0 Å². The number of amides is 7. The molecular weight excluding hydrogens is 775 g/mol. The number of nitrogens with two attached hydrogens (primary N) is 2. The molecule has 0 aromatic heterocycles. The lowest BCUT2D eigenvalue weighted by Crippen LogP contribution is -2.61. The quantitative estimate of drug-likeness (QED) is 0.0396. The lowest BCUT2D eigenvalue weighted by atomic mass is 10.0. The third-order valence-electron chi connectivity index (χ3n) is 10.1. The lowest BCUT2D eigenvalue weighted by Gasteiger charge is -2.28. The topological polar surface area (TPSA) is 296 Å². The van der Waals surface area contributed by atoms with Gasteiger partial charge in [0.25, 0.3) is 0 Å². The zero-order valence-electron chi connectivity index (χ0n) is 36.8. The summed E-state index contributed by atoms with van der Waals surface area (Å²) in [5, 5.41) is 38.0. The molecule has 18 nitrogen and oxygen atoms in total. The number of hydrogen-bond acceptors (Lipinski definition) is 11. The van der Waals surface area contributed by atoms with E-state index in [0.717, 1.165) is 19.3 Å². The summed E-state index contributed by atoms with van der Waals surface area (Å²) in [5.41, 5.74) is 11.0. The van der Waals surface area contributed by atoms with Crippen LogP contribution < -0.4 is 48.7 Å². The van der Waals surface area contributed by atoms with Crippen molar-refractivity contribution in [2.75, 3.05) is 20.2 Å². The summed E-state index contributed by atoms with van der Waals surface area (Å²) in [6, 6.07) is -6.59. The van der Waals surface area contributed by atoms with Gasteiger partial charge in [-0.3, -0.25) is 33.6 Å². The number of aliphatic hydroxyl groups excluding tert-OH is 2. The van der Waals surface area contributed by atoms with Crippen molar-refractivity contribution in [1.82, 2.24) is 37.2 Å². The Morgan fingerprint density at radius 3 is 1.48 bits per heavy atom. The van der Waals surface area contributed by atoms with Crippen molar-refractivity contribution < 1.29 is 43.8 Å². The summed E-state index contributed by atoms with van der Waals surface area (Å²) >= 11 is 0. The maximum Gasteiger partial charge on any atom is 0.245 e. The van der Waals surface area contributed by atoms with Crippen molar-refractivity contribution in [1.29, 1.82) is 0 Å². The Hall–Kier alpha value is -4.45. The molecule has 0 aromatic carbocycles. The van der Waals surface area contributed by atoms with Crippen LogP contribution in [-0.4, -0.2) is 108 Å². The highest BCUT2D eigenvalue weighted by Crippen LogP contribution is 2.13. The van der Waals surface area contributed by atoms with Gasteiger partial charge in [0.1, 0.15) is 30.2 Å². The van der Waals surface area contributed by atoms with Gasteiger partial charge in [-0.05, 0) is 39.0 Å². The number of carbonyl (C=O) groups excluding carboxylic acids is 7. The fourth-order valence-electron chi connectivity index (χ4n) is 6.46. The van der Waals surface area contributed by atoms with Crippen molar-refractivity contribution in [2.45, 2.75) is 192 Å². The fourth-order valence-corrected chi connectivity index (χ4v) is 6.46. The van der Waals surface area contributed by atoms with Gasteiger partial charge in [0.15, 0.2) is 0 Å². The van der Waals surface area contributed by atoms with Crippen molar-refractivity contribution in [2.24, 2.45) is 11.5 Å². The number of nitrogens with one attached hydrogen (secondary N) is 7. The predicted octanol–water partition coefficient (Wildman–Crippen LogP) is 1.27. The minimum absolute atomic E-state index is 0.138. The fraction of sp³-hybridized carbons (Fsp3) is 0.786. The second-order valence-electron chi connectivity index (χ2n) is 15.6. The number of rotatable bonds is 37. The van der Waals surface area contributed by atoms with Crippen molar-refractivity contribution in [3.05, 3.63) is 12.4 Å². The molecule has 7 amide bonds. The molecule has 346 valence electrons. The van der Waals surface area contributed by atoms with Crippen molar-refractivity contribution in [3.63, 3.8) is 0 Å². The van der Waals surface area contributed by atoms with Gasteiger partial charge in [-0.2, -0.15) is 0 Å². The van der Waals surface area contributed by atoms with E-state index in [2.05, 4.69) is 50.7 Å². The smallest absolute Gasteiger partial charge is 0.245 e. The molecule has 0 aliphatic rings. The van der Waals surface area contributed by atoms with Gasteiger partial charge in [0, 0.05) is 26.4 Å². The molecule has 0 aliphatic heterocycles. The summed E-state index contributed by atoms with van der Waals surface area (Å²) in [6.45, 7) is 8.57. The van der Waals surface area contributed by atoms with Gasteiger partial charge >= 0.3 is 0 Å². The molecule has 0 saturated carbocycles. The molecule has 0 unspecified atom stereocenters. The molecule has 0 bridgehead atoms. The van der Waals surface area contributed by atoms with Crippen molar-refractivity contribution in [3.8, 4) is 0 Å². The third-order valence-corrected chi connectivity index (χ3v) is 10.1. The molecule has 0 radical (unpaired) electrons. The van der Waals surface area contributed by atoms with Crippen LogP contribution in [0.4, 0.5) is 0 Å². The second kappa shape index (κ2) is 34.3. The van der Waals surface area contributed by atoms with E-state index in [0.29, 0.717) is 32.2 Å². The minimum atomic E-state index is -1.62. The molecule has 0 aliphatic carbocycles. The Labute approximate surface area is 357 Å². The van der Waals surface area contributed by atoms with Gasteiger partial charge in [-0.15, -0.1) is 0 Å². The Morgan fingerprint density at radius 2 is 1.00 bits per heavy atom. The van der Waals surface area contributed by atoms with Gasteiger partial charge in [-0.1, -0.05) is 110 Å². The summed E-state index contributed by atoms with van der Waals surface area (Å²) in [7, 11) is 1.33. The molecule has 0 heterocycles. The molecular formula is C42H79N9O9. The van der Waals surface area contributed by atoms with E-state index in [4.69, 9.17) is 11.5 Å². The first-order chi connectivity index (χ1) is 28.6. The number of unbranched alkanes of at least 4 members (excludes halogenated alkanes) is 13. The van der Waals surface area contributed by atoms with Crippen LogP contribution in [-0.2, 0) is 33.6 Å². The van der Waals surface area contributed by atoms with Crippen LogP contribution in [0.5, 0.6) is 0 Å². The van der Waals surface area contributed by atoms with Gasteiger partial charge < -0.3 is 58.9 Å². The van der Waals surface area contributed by atoms with Crippen LogP contribution in [0.15, 0.2) is 12.4 Å². The molecule has 0 fully saturated rings. The maximum atomic E-state index is 13.7. The highest BCUT2D eigenvalue weighted by Gasteiger charge is 2.34. The molecule has 6 atom stereocenters. The predicted molar refractivity (Wildman–Crippen MR) is 231 cm³/mol. The summed E-state index contributed by atoms with van der Waals surface area (Å²) in [6.07, 6.45) is 15.0. The first kappa shape index (κ1) is 55.5. The van der Waals surface area contributed by atoms with Gasteiger partial charge in [-0.25, -0.2) is 0 Å². The molecule has 0 saturated heterocycles. The molecule has 18 heteroatoms. The Bertz CT molecular complexity index is 1300. The molecule has 0 aromatic rings. The normalized spacial score (nSPS) is 14.0. The van der Waals surface area contributed by atoms with Crippen LogP contribution in [0.25, 0.3) is 0 Å². The summed E-state index contributed by atoms with van der Waals surface area (Å²) in [4.78, 5) is 90.9. The SMILES string of the molecule is C=C(N)NCCC[C@H](NC(=O)CCCCCCCCCCCCCCC)C(=O)N[C@@H](CCC(N)=O)C(=O)N[C@H](C(=O)N[C@@H](CCCC)C(=O)N[C@@H](CO)C(=O)NC)[C@@H](C)O. The van der Waals surface area contributed by atoms with Crippen LogP contribution in [0, 0.1) is 0 Å². The molecule has 0 rings (SSSR count). The van der Waals surface area contributed by atoms with E-state index in [1.807, 2.05) is 6.92 Å². The monoisotopic (exact) mass is 854 g/mol. The molecule has 13 N–H and O–H groups in total. The van der Waals surface area contributed by atoms with E-state index in [-0.39, 0.29) is 43.8 Å². The average molecular weight is 854 g/mol. The maximum absolute atomic E-state index is 13.7. The van der Waals surface area contributed by atoms with E-state index < -0.39 is 78.4 Å².